The summed E-state index contributed by atoms with van der Waals surface area (Å²) in [6.07, 6.45) is 3.52. The average Bonchev–Trinajstić information content (AvgIpc) is 3.25. The normalized spacial score (nSPS) is 19.6. The van der Waals surface area contributed by atoms with E-state index in [1.165, 1.54) is 4.31 Å². The number of ether oxygens (including phenoxy) is 1. The topological polar surface area (TPSA) is 78.9 Å². The van der Waals surface area contributed by atoms with Crippen LogP contribution in [-0.2, 0) is 23.2 Å². The van der Waals surface area contributed by atoms with E-state index < -0.39 is 10.2 Å². The Balaban J connectivity index is 1.71. The smallest absolute Gasteiger partial charge is 0.282 e. The number of nitrogens with zero attached hydrogens (tertiary/aromatic N) is 5. The molecule has 0 aliphatic carbocycles. The van der Waals surface area contributed by atoms with Crippen molar-refractivity contribution >= 4 is 16.0 Å². The summed E-state index contributed by atoms with van der Waals surface area (Å²) < 4.78 is 34.0. The van der Waals surface area contributed by atoms with Crippen LogP contribution in [0.2, 0.25) is 0 Å². The summed E-state index contributed by atoms with van der Waals surface area (Å²) in [6, 6.07) is 7.70. The highest BCUT2D eigenvalue weighted by Gasteiger charge is 2.39. The summed E-state index contributed by atoms with van der Waals surface area (Å²) in [6.45, 7) is 4.09. The van der Waals surface area contributed by atoms with Crippen molar-refractivity contribution in [3.8, 4) is 5.75 Å². The van der Waals surface area contributed by atoms with Crippen LogP contribution in [0.25, 0.3) is 0 Å². The van der Waals surface area contributed by atoms with Crippen LogP contribution in [0.4, 0.5) is 5.82 Å². The van der Waals surface area contributed by atoms with E-state index in [1.54, 1.807) is 25.5 Å². The zero-order valence-corrected chi connectivity index (χ0v) is 19.5. The lowest BCUT2D eigenvalue weighted by atomic mass is 10.0. The molecule has 0 spiro atoms. The predicted molar refractivity (Wildman–Crippen MR) is 120 cm³/mol. The summed E-state index contributed by atoms with van der Waals surface area (Å²) in [5, 5.41) is 0. The van der Waals surface area contributed by atoms with Crippen molar-refractivity contribution in [3.63, 3.8) is 0 Å². The molecule has 0 saturated carbocycles. The number of hydrogen-bond acceptors (Lipinski definition) is 6. The third-order valence-corrected chi connectivity index (χ3v) is 8.13. The number of rotatable bonds is 6. The van der Waals surface area contributed by atoms with E-state index >= 15 is 0 Å². The molecule has 0 bridgehead atoms. The first-order chi connectivity index (χ1) is 14.8. The lowest BCUT2D eigenvalue weighted by Gasteiger charge is -2.33. The fraction of sp³-hybridized carbons (Fsp3) is 0.545. The number of benzene rings is 1. The zero-order valence-electron chi connectivity index (χ0n) is 18.7. The fourth-order valence-corrected chi connectivity index (χ4v) is 5.84. The summed E-state index contributed by atoms with van der Waals surface area (Å²) in [4.78, 5) is 12.0. The van der Waals surface area contributed by atoms with E-state index in [0.717, 1.165) is 60.6 Å². The Bertz CT molecular complexity index is 1060. The van der Waals surface area contributed by atoms with E-state index in [-0.39, 0.29) is 6.04 Å². The zero-order chi connectivity index (χ0) is 22.2. The van der Waals surface area contributed by atoms with Crippen molar-refractivity contribution in [1.29, 1.82) is 0 Å². The Hall–Kier alpha value is -2.23. The lowest BCUT2D eigenvalue weighted by Crippen LogP contribution is -2.40. The second-order valence-corrected chi connectivity index (χ2v) is 10.5. The Morgan fingerprint density at radius 3 is 2.68 bits per heavy atom. The minimum Gasteiger partial charge on any atom is -0.496 e. The minimum absolute atomic E-state index is 0.327. The molecule has 168 valence electrons. The maximum Gasteiger partial charge on any atom is 0.282 e. The molecule has 9 heteroatoms. The minimum atomic E-state index is -3.52. The first-order valence-corrected chi connectivity index (χ1v) is 12.2. The van der Waals surface area contributed by atoms with Crippen LogP contribution in [0, 0.1) is 6.92 Å². The van der Waals surface area contributed by atoms with Gasteiger partial charge in [0, 0.05) is 50.6 Å². The molecule has 1 fully saturated rings. The van der Waals surface area contributed by atoms with E-state index in [4.69, 9.17) is 14.7 Å². The summed E-state index contributed by atoms with van der Waals surface area (Å²) in [7, 11) is 1.30. The van der Waals surface area contributed by atoms with Gasteiger partial charge in [-0.3, -0.25) is 0 Å². The van der Waals surface area contributed by atoms with Crippen molar-refractivity contribution in [2.45, 2.75) is 45.2 Å². The summed E-state index contributed by atoms with van der Waals surface area (Å²) in [5.41, 5.74) is 3.21. The molecule has 1 aromatic heterocycles. The first kappa shape index (κ1) is 22.0. The van der Waals surface area contributed by atoms with Gasteiger partial charge in [-0.2, -0.15) is 17.0 Å². The molecule has 2 aliphatic rings. The summed E-state index contributed by atoms with van der Waals surface area (Å²) in [5.74, 6) is 2.39. The third kappa shape index (κ3) is 4.14. The van der Waals surface area contributed by atoms with E-state index in [1.807, 2.05) is 25.1 Å². The number of fused-ring (bicyclic) bond motifs is 1. The van der Waals surface area contributed by atoms with Gasteiger partial charge in [0.1, 0.15) is 17.4 Å². The predicted octanol–water partition coefficient (Wildman–Crippen LogP) is 2.69. The van der Waals surface area contributed by atoms with Crippen molar-refractivity contribution in [3.05, 3.63) is 46.9 Å². The quantitative estimate of drug-likeness (QED) is 0.680. The average molecular weight is 446 g/mol. The second kappa shape index (κ2) is 8.72. The van der Waals surface area contributed by atoms with E-state index in [2.05, 4.69) is 11.0 Å². The Kier molecular flexibility index (Phi) is 6.18. The highest BCUT2D eigenvalue weighted by molar-refractivity contribution is 7.86. The van der Waals surface area contributed by atoms with Gasteiger partial charge in [-0.1, -0.05) is 18.2 Å². The van der Waals surface area contributed by atoms with E-state index in [9.17, 15) is 8.42 Å². The highest BCUT2D eigenvalue weighted by atomic mass is 32.2. The van der Waals surface area contributed by atoms with Gasteiger partial charge in [0.05, 0.1) is 13.2 Å². The van der Waals surface area contributed by atoms with Gasteiger partial charge in [-0.25, -0.2) is 9.97 Å². The van der Waals surface area contributed by atoms with E-state index in [0.29, 0.717) is 18.9 Å². The number of hydrogen-bond donors (Lipinski definition) is 0. The van der Waals surface area contributed by atoms with Crippen molar-refractivity contribution in [1.82, 2.24) is 18.6 Å². The Morgan fingerprint density at radius 2 is 1.94 bits per heavy atom. The molecule has 8 nitrogen and oxygen atoms in total. The number of aryl methyl sites for hydroxylation is 1. The van der Waals surface area contributed by atoms with Gasteiger partial charge in [0.15, 0.2) is 0 Å². The maximum absolute atomic E-state index is 12.8. The molecule has 3 heterocycles. The van der Waals surface area contributed by atoms with Crippen LogP contribution < -0.4 is 9.64 Å². The van der Waals surface area contributed by atoms with Crippen LogP contribution in [0.3, 0.4) is 0 Å². The van der Waals surface area contributed by atoms with Gasteiger partial charge in [-0.05, 0) is 38.7 Å². The van der Waals surface area contributed by atoms with Crippen LogP contribution in [-0.4, -0.2) is 61.3 Å². The van der Waals surface area contributed by atoms with Gasteiger partial charge in [0.2, 0.25) is 0 Å². The van der Waals surface area contributed by atoms with Crippen molar-refractivity contribution < 1.29 is 13.2 Å². The van der Waals surface area contributed by atoms with Gasteiger partial charge in [0.25, 0.3) is 10.2 Å². The number of para-hydroxylation sites is 1. The summed E-state index contributed by atoms with van der Waals surface area (Å²) >= 11 is 0. The van der Waals surface area contributed by atoms with Gasteiger partial charge >= 0.3 is 0 Å². The Labute approximate surface area is 185 Å². The molecule has 2 aliphatic heterocycles. The fourth-order valence-electron chi connectivity index (χ4n) is 4.54. The third-order valence-electron chi connectivity index (χ3n) is 6.18. The van der Waals surface area contributed by atoms with Crippen LogP contribution >= 0.6 is 0 Å². The highest BCUT2D eigenvalue weighted by Crippen LogP contribution is 2.36. The molecule has 1 unspecified atom stereocenters. The van der Waals surface area contributed by atoms with Crippen LogP contribution in [0.1, 0.15) is 47.9 Å². The molecule has 31 heavy (non-hydrogen) atoms. The number of anilines is 1. The molecule has 4 rings (SSSR count). The van der Waals surface area contributed by atoms with Gasteiger partial charge in [-0.15, -0.1) is 0 Å². The van der Waals surface area contributed by atoms with Crippen molar-refractivity contribution in [2.75, 3.05) is 39.2 Å². The molecule has 0 N–H and O–H groups in total. The van der Waals surface area contributed by atoms with Gasteiger partial charge < -0.3 is 9.64 Å². The van der Waals surface area contributed by atoms with Crippen LogP contribution in [0.15, 0.2) is 24.3 Å². The standard InChI is InChI=1S/C22H31N5O3S/c1-16-18-10-7-13-26(15-17-9-5-6-12-20(17)30-4)22(18)24-21(23-16)19-11-8-14-27(19)31(28,29)25(2)3/h5-6,9,12,19H,7-8,10-11,13-15H2,1-4H3. The molecule has 2 aromatic rings. The molecule has 1 aromatic carbocycles. The Morgan fingerprint density at radius 1 is 1.16 bits per heavy atom. The number of methoxy groups -OCH3 is 1. The maximum atomic E-state index is 12.8. The van der Waals surface area contributed by atoms with Crippen LogP contribution in [0.5, 0.6) is 5.75 Å². The second-order valence-electron chi connectivity index (χ2n) is 8.37. The molecular weight excluding hydrogens is 414 g/mol. The molecular formula is C22H31N5O3S. The molecule has 0 amide bonds. The monoisotopic (exact) mass is 445 g/mol. The lowest BCUT2D eigenvalue weighted by molar-refractivity contribution is 0.352. The number of aromatic nitrogens is 2. The molecule has 0 radical (unpaired) electrons. The molecule has 1 saturated heterocycles. The largest absolute Gasteiger partial charge is 0.496 e. The first-order valence-electron chi connectivity index (χ1n) is 10.8. The molecule has 1 atom stereocenters. The SMILES string of the molecule is COc1ccccc1CN1CCCc2c(C)nc(C3CCCN3S(=O)(=O)N(C)C)nc21. The van der Waals surface area contributed by atoms with Crippen molar-refractivity contribution in [2.24, 2.45) is 0 Å².